The molecule has 6 nitrogen and oxygen atoms in total. The molecule has 0 saturated carbocycles. The SMILES string of the molecule is COc1cc(-c2cc(C)c(=O)n(C)c2)cc(OC)c1CN1CCNCC1. The van der Waals surface area contributed by atoms with Crippen molar-refractivity contribution < 1.29 is 9.47 Å². The number of piperazine rings is 1. The number of aryl methyl sites for hydroxylation is 2. The molecule has 0 bridgehead atoms. The molecule has 0 unspecified atom stereocenters. The number of rotatable bonds is 5. The molecule has 1 aliphatic heterocycles. The predicted octanol–water partition coefficient (Wildman–Crippen LogP) is 1.78. The van der Waals surface area contributed by atoms with Gasteiger partial charge in [-0.25, -0.2) is 0 Å². The van der Waals surface area contributed by atoms with Crippen LogP contribution >= 0.6 is 0 Å². The summed E-state index contributed by atoms with van der Waals surface area (Å²) in [6.45, 7) is 6.64. The van der Waals surface area contributed by atoms with E-state index in [0.717, 1.165) is 60.9 Å². The molecule has 1 saturated heterocycles. The molecule has 0 spiro atoms. The number of aromatic nitrogens is 1. The Kier molecular flexibility index (Phi) is 5.64. The van der Waals surface area contributed by atoms with Crippen molar-refractivity contribution in [1.82, 2.24) is 14.8 Å². The van der Waals surface area contributed by atoms with Crippen LogP contribution in [0.5, 0.6) is 11.5 Å². The zero-order chi connectivity index (χ0) is 18.7. The van der Waals surface area contributed by atoms with E-state index in [-0.39, 0.29) is 5.56 Å². The molecule has 0 atom stereocenters. The van der Waals surface area contributed by atoms with Crippen LogP contribution in [-0.2, 0) is 13.6 Å². The zero-order valence-electron chi connectivity index (χ0n) is 16.0. The van der Waals surface area contributed by atoms with Gasteiger partial charge in [-0.1, -0.05) is 0 Å². The van der Waals surface area contributed by atoms with Crippen LogP contribution in [0, 0.1) is 6.92 Å². The Labute approximate surface area is 154 Å². The molecule has 0 radical (unpaired) electrons. The zero-order valence-corrected chi connectivity index (χ0v) is 16.0. The third-order valence-electron chi connectivity index (χ3n) is 4.89. The van der Waals surface area contributed by atoms with Crippen molar-refractivity contribution in [3.63, 3.8) is 0 Å². The van der Waals surface area contributed by atoms with Crippen LogP contribution < -0.4 is 20.3 Å². The Bertz CT molecular complexity index is 787. The van der Waals surface area contributed by atoms with Gasteiger partial charge in [0, 0.05) is 51.5 Å². The molecule has 2 heterocycles. The summed E-state index contributed by atoms with van der Waals surface area (Å²) in [5.74, 6) is 1.62. The van der Waals surface area contributed by atoms with E-state index < -0.39 is 0 Å². The smallest absolute Gasteiger partial charge is 0.253 e. The maximum Gasteiger partial charge on any atom is 0.253 e. The molecule has 6 heteroatoms. The Morgan fingerprint density at radius 1 is 1.04 bits per heavy atom. The first-order valence-electron chi connectivity index (χ1n) is 8.89. The molecule has 1 aromatic heterocycles. The molecule has 26 heavy (non-hydrogen) atoms. The summed E-state index contributed by atoms with van der Waals surface area (Å²) in [5, 5.41) is 3.37. The topological polar surface area (TPSA) is 55.7 Å². The monoisotopic (exact) mass is 357 g/mol. The number of nitrogens with one attached hydrogen (secondary N) is 1. The largest absolute Gasteiger partial charge is 0.496 e. The van der Waals surface area contributed by atoms with Crippen LogP contribution in [0.3, 0.4) is 0 Å². The number of methoxy groups -OCH3 is 2. The van der Waals surface area contributed by atoms with Gasteiger partial charge in [0.05, 0.1) is 19.8 Å². The molecule has 0 amide bonds. The van der Waals surface area contributed by atoms with Crippen molar-refractivity contribution in [2.45, 2.75) is 13.5 Å². The van der Waals surface area contributed by atoms with E-state index in [1.165, 1.54) is 0 Å². The van der Waals surface area contributed by atoms with Crippen molar-refractivity contribution in [2.75, 3.05) is 40.4 Å². The minimum Gasteiger partial charge on any atom is -0.496 e. The first kappa shape index (κ1) is 18.5. The first-order valence-corrected chi connectivity index (χ1v) is 8.89. The van der Waals surface area contributed by atoms with E-state index in [0.29, 0.717) is 5.56 Å². The van der Waals surface area contributed by atoms with E-state index in [1.54, 1.807) is 25.8 Å². The predicted molar refractivity (Wildman–Crippen MR) is 103 cm³/mol. The first-order chi connectivity index (χ1) is 12.5. The summed E-state index contributed by atoms with van der Waals surface area (Å²) in [5.41, 5.74) is 3.73. The highest BCUT2D eigenvalue weighted by molar-refractivity contribution is 5.69. The van der Waals surface area contributed by atoms with Gasteiger partial charge in [0.25, 0.3) is 5.56 Å². The molecule has 1 fully saturated rings. The summed E-state index contributed by atoms with van der Waals surface area (Å²) in [6.07, 6.45) is 1.85. The van der Waals surface area contributed by atoms with Gasteiger partial charge in [-0.2, -0.15) is 0 Å². The second kappa shape index (κ2) is 7.93. The van der Waals surface area contributed by atoms with E-state index in [9.17, 15) is 4.79 Å². The molecule has 1 aromatic carbocycles. The van der Waals surface area contributed by atoms with Gasteiger partial charge in [-0.15, -0.1) is 0 Å². The average Bonchev–Trinajstić information content (AvgIpc) is 2.66. The Morgan fingerprint density at radius 2 is 1.65 bits per heavy atom. The summed E-state index contributed by atoms with van der Waals surface area (Å²) in [7, 11) is 5.14. The fourth-order valence-corrected chi connectivity index (χ4v) is 3.43. The third kappa shape index (κ3) is 3.76. The number of benzene rings is 1. The maximum absolute atomic E-state index is 12.0. The van der Waals surface area contributed by atoms with E-state index in [2.05, 4.69) is 10.2 Å². The second-order valence-electron chi connectivity index (χ2n) is 6.71. The van der Waals surface area contributed by atoms with Crippen LogP contribution in [0.25, 0.3) is 11.1 Å². The highest BCUT2D eigenvalue weighted by Gasteiger charge is 2.18. The lowest BCUT2D eigenvalue weighted by atomic mass is 10.0. The molecule has 3 rings (SSSR count). The summed E-state index contributed by atoms with van der Waals surface area (Å²) >= 11 is 0. The van der Waals surface area contributed by atoms with Gasteiger partial charge in [0.15, 0.2) is 0 Å². The quantitative estimate of drug-likeness (QED) is 0.884. The van der Waals surface area contributed by atoms with Gasteiger partial charge >= 0.3 is 0 Å². The molecule has 1 N–H and O–H groups in total. The highest BCUT2D eigenvalue weighted by atomic mass is 16.5. The van der Waals surface area contributed by atoms with E-state index >= 15 is 0 Å². The minimum absolute atomic E-state index is 0.0167. The van der Waals surface area contributed by atoms with Gasteiger partial charge < -0.3 is 19.4 Å². The van der Waals surface area contributed by atoms with E-state index in [4.69, 9.17) is 9.47 Å². The number of nitrogens with zero attached hydrogens (tertiary/aromatic N) is 2. The van der Waals surface area contributed by atoms with Gasteiger partial charge in [-0.3, -0.25) is 9.69 Å². The fourth-order valence-electron chi connectivity index (χ4n) is 3.43. The molecule has 140 valence electrons. The summed E-state index contributed by atoms with van der Waals surface area (Å²) < 4.78 is 13.0. The van der Waals surface area contributed by atoms with Gasteiger partial charge in [-0.05, 0) is 36.2 Å². The summed E-state index contributed by atoms with van der Waals surface area (Å²) in [4.78, 5) is 14.4. The number of hydrogen-bond donors (Lipinski definition) is 1. The van der Waals surface area contributed by atoms with Crippen LogP contribution in [0.4, 0.5) is 0 Å². The number of pyridine rings is 1. The Balaban J connectivity index is 2.02. The maximum atomic E-state index is 12.0. The lowest BCUT2D eigenvalue weighted by Gasteiger charge is -2.28. The number of hydrogen-bond acceptors (Lipinski definition) is 5. The molecule has 2 aromatic rings. The lowest BCUT2D eigenvalue weighted by molar-refractivity contribution is 0.226. The normalized spacial score (nSPS) is 15.1. The Morgan fingerprint density at radius 3 is 2.19 bits per heavy atom. The van der Waals surface area contributed by atoms with Crippen molar-refractivity contribution in [2.24, 2.45) is 7.05 Å². The van der Waals surface area contributed by atoms with E-state index in [1.807, 2.05) is 31.3 Å². The fraction of sp³-hybridized carbons (Fsp3) is 0.450. The van der Waals surface area contributed by atoms with Crippen molar-refractivity contribution in [3.05, 3.63) is 45.9 Å². The standard InChI is InChI=1S/C20H27N3O3/c1-14-9-16(12-22(2)20(14)24)15-10-18(25-3)17(19(11-15)26-4)13-23-7-5-21-6-8-23/h9-12,21H,5-8,13H2,1-4H3. The minimum atomic E-state index is 0.0167. The van der Waals surface area contributed by atoms with Crippen LogP contribution in [0.1, 0.15) is 11.1 Å². The van der Waals surface area contributed by atoms with Crippen molar-refractivity contribution >= 4 is 0 Å². The third-order valence-corrected chi connectivity index (χ3v) is 4.89. The van der Waals surface area contributed by atoms with Crippen molar-refractivity contribution in [1.29, 1.82) is 0 Å². The Hall–Kier alpha value is -2.31. The summed E-state index contributed by atoms with van der Waals surface area (Å²) in [6, 6.07) is 5.96. The molecular weight excluding hydrogens is 330 g/mol. The average molecular weight is 357 g/mol. The van der Waals surface area contributed by atoms with Gasteiger partial charge in [0.2, 0.25) is 0 Å². The van der Waals surface area contributed by atoms with Crippen LogP contribution in [0.2, 0.25) is 0 Å². The van der Waals surface area contributed by atoms with Crippen molar-refractivity contribution in [3.8, 4) is 22.6 Å². The van der Waals surface area contributed by atoms with Gasteiger partial charge in [0.1, 0.15) is 11.5 Å². The highest BCUT2D eigenvalue weighted by Crippen LogP contribution is 2.36. The van der Waals surface area contributed by atoms with Crippen LogP contribution in [-0.4, -0.2) is 49.9 Å². The molecular formula is C20H27N3O3. The lowest BCUT2D eigenvalue weighted by Crippen LogP contribution is -2.43. The number of ether oxygens (including phenoxy) is 2. The second-order valence-corrected chi connectivity index (χ2v) is 6.71. The molecule has 1 aliphatic rings. The van der Waals surface area contributed by atoms with Crippen LogP contribution in [0.15, 0.2) is 29.2 Å². The molecule has 0 aliphatic carbocycles.